The topological polar surface area (TPSA) is 84.1 Å². The van der Waals surface area contributed by atoms with Gasteiger partial charge in [0, 0.05) is 36.8 Å². The molecule has 0 aliphatic carbocycles. The van der Waals surface area contributed by atoms with Crippen LogP contribution in [0.25, 0.3) is 0 Å². The molecule has 0 radical (unpaired) electrons. The van der Waals surface area contributed by atoms with E-state index in [4.69, 9.17) is 4.74 Å². The van der Waals surface area contributed by atoms with E-state index in [0.717, 1.165) is 5.69 Å². The van der Waals surface area contributed by atoms with Crippen molar-refractivity contribution in [1.82, 2.24) is 15.3 Å². The smallest absolute Gasteiger partial charge is 0.257 e. The molecule has 0 aliphatic rings. The minimum Gasteiger partial charge on any atom is -0.484 e. The van der Waals surface area contributed by atoms with Crippen LogP contribution in [0.5, 0.6) is 5.75 Å². The molecule has 0 atom stereocenters. The molecule has 6 heteroatoms. The number of aromatic nitrogens is 2. The van der Waals surface area contributed by atoms with Crippen LogP contribution in [-0.2, 0) is 11.2 Å². The number of H-pyrrole nitrogens is 1. The Kier molecular flexibility index (Phi) is 5.71. The average molecular weight is 301 g/mol. The lowest BCUT2D eigenvalue weighted by molar-refractivity contribution is -0.123. The number of hydrogen-bond donors (Lipinski definition) is 2. The third-order valence-electron chi connectivity index (χ3n) is 3.14. The Balaban J connectivity index is 1.70. The number of ketones is 1. The van der Waals surface area contributed by atoms with Crippen LogP contribution in [0.4, 0.5) is 0 Å². The Morgan fingerprint density at radius 3 is 2.68 bits per heavy atom. The molecule has 0 saturated carbocycles. The lowest BCUT2D eigenvalue weighted by atomic mass is 10.1. The van der Waals surface area contributed by atoms with Gasteiger partial charge in [-0.3, -0.25) is 9.59 Å². The lowest BCUT2D eigenvalue weighted by Crippen LogP contribution is -2.30. The Labute approximate surface area is 128 Å². The van der Waals surface area contributed by atoms with Crippen LogP contribution in [0.2, 0.25) is 0 Å². The van der Waals surface area contributed by atoms with Crippen molar-refractivity contribution in [2.45, 2.75) is 19.8 Å². The fourth-order valence-corrected chi connectivity index (χ4v) is 1.90. The number of aromatic amines is 1. The number of hydrogen-bond acceptors (Lipinski definition) is 4. The molecule has 22 heavy (non-hydrogen) atoms. The number of nitrogens with one attached hydrogen (secondary N) is 2. The molecule has 6 nitrogen and oxygen atoms in total. The normalized spacial score (nSPS) is 10.2. The van der Waals surface area contributed by atoms with Gasteiger partial charge < -0.3 is 15.0 Å². The monoisotopic (exact) mass is 301 g/mol. The van der Waals surface area contributed by atoms with E-state index in [1.807, 2.05) is 6.92 Å². The van der Waals surface area contributed by atoms with Crippen LogP contribution in [0.15, 0.2) is 36.8 Å². The predicted molar refractivity (Wildman–Crippen MR) is 81.9 cm³/mol. The van der Waals surface area contributed by atoms with Crippen molar-refractivity contribution in [3.63, 3.8) is 0 Å². The van der Waals surface area contributed by atoms with Crippen molar-refractivity contribution < 1.29 is 14.3 Å². The van der Waals surface area contributed by atoms with Gasteiger partial charge in [0.25, 0.3) is 5.91 Å². The van der Waals surface area contributed by atoms with E-state index in [2.05, 4.69) is 15.3 Å². The van der Waals surface area contributed by atoms with Crippen LogP contribution in [0, 0.1) is 0 Å². The molecule has 0 bridgehead atoms. The first kappa shape index (κ1) is 15.8. The largest absolute Gasteiger partial charge is 0.484 e. The summed E-state index contributed by atoms with van der Waals surface area (Å²) >= 11 is 0. The summed E-state index contributed by atoms with van der Waals surface area (Å²) < 4.78 is 5.38. The maximum atomic E-state index is 11.7. The fourth-order valence-electron chi connectivity index (χ4n) is 1.90. The number of ether oxygens (including phenoxy) is 1. The number of carbonyl (C=O) groups is 2. The minimum absolute atomic E-state index is 0.0515. The highest BCUT2D eigenvalue weighted by molar-refractivity contribution is 5.95. The van der Waals surface area contributed by atoms with Gasteiger partial charge in [-0.2, -0.15) is 0 Å². The first-order valence-electron chi connectivity index (χ1n) is 7.19. The molecule has 0 aliphatic heterocycles. The second-order valence-electron chi connectivity index (χ2n) is 4.77. The molecule has 1 aromatic carbocycles. The summed E-state index contributed by atoms with van der Waals surface area (Å²) in [5.41, 5.74) is 1.62. The molecular formula is C16H19N3O3. The van der Waals surface area contributed by atoms with Crippen molar-refractivity contribution in [3.05, 3.63) is 48.0 Å². The Hall–Kier alpha value is -2.63. The van der Waals surface area contributed by atoms with Crippen molar-refractivity contribution in [2.24, 2.45) is 0 Å². The molecule has 0 unspecified atom stereocenters. The molecule has 0 fully saturated rings. The molecule has 0 saturated heterocycles. The molecule has 1 amide bonds. The van der Waals surface area contributed by atoms with Crippen LogP contribution in [0.3, 0.4) is 0 Å². The standard InChI is InChI=1S/C16H19N3O3/c1-2-15(20)12-3-5-14(6-4-12)22-10-16(21)18-8-7-13-9-17-11-19-13/h3-6,9,11H,2,7-8,10H2,1H3,(H,17,19)(H,18,21). The van der Waals surface area contributed by atoms with Crippen molar-refractivity contribution in [2.75, 3.05) is 13.2 Å². The van der Waals surface area contributed by atoms with Crippen molar-refractivity contribution >= 4 is 11.7 Å². The van der Waals surface area contributed by atoms with Gasteiger partial charge in [-0.1, -0.05) is 6.92 Å². The third-order valence-corrected chi connectivity index (χ3v) is 3.14. The van der Waals surface area contributed by atoms with E-state index in [0.29, 0.717) is 30.7 Å². The number of amides is 1. The summed E-state index contributed by atoms with van der Waals surface area (Å²) in [6.45, 7) is 2.29. The fraction of sp³-hybridized carbons (Fsp3) is 0.312. The van der Waals surface area contributed by atoms with E-state index in [-0.39, 0.29) is 18.3 Å². The quantitative estimate of drug-likeness (QED) is 0.727. The van der Waals surface area contributed by atoms with Gasteiger partial charge in [0.1, 0.15) is 5.75 Å². The summed E-state index contributed by atoms with van der Waals surface area (Å²) in [6, 6.07) is 6.80. The molecule has 2 aromatic rings. The number of rotatable bonds is 8. The van der Waals surface area contributed by atoms with Crippen LogP contribution >= 0.6 is 0 Å². The van der Waals surface area contributed by atoms with Gasteiger partial charge in [-0.25, -0.2) is 4.98 Å². The summed E-state index contributed by atoms with van der Waals surface area (Å²) in [5.74, 6) is 0.465. The molecule has 1 aromatic heterocycles. The molecule has 2 N–H and O–H groups in total. The lowest BCUT2D eigenvalue weighted by Gasteiger charge is -2.07. The van der Waals surface area contributed by atoms with Crippen LogP contribution in [0.1, 0.15) is 29.4 Å². The molecule has 0 spiro atoms. The maximum absolute atomic E-state index is 11.7. The molecule has 116 valence electrons. The second-order valence-corrected chi connectivity index (χ2v) is 4.77. The van der Waals surface area contributed by atoms with Gasteiger partial charge in [-0.05, 0) is 24.3 Å². The van der Waals surface area contributed by atoms with E-state index in [9.17, 15) is 9.59 Å². The minimum atomic E-state index is -0.187. The summed E-state index contributed by atoms with van der Waals surface area (Å²) in [5, 5.41) is 2.76. The van der Waals surface area contributed by atoms with E-state index in [1.54, 1.807) is 36.8 Å². The Bertz CT molecular complexity index is 606. The SMILES string of the molecule is CCC(=O)c1ccc(OCC(=O)NCCc2cnc[nH]2)cc1. The highest BCUT2D eigenvalue weighted by Gasteiger charge is 2.05. The van der Waals surface area contributed by atoms with Crippen LogP contribution in [-0.4, -0.2) is 34.8 Å². The van der Waals surface area contributed by atoms with E-state index < -0.39 is 0 Å². The van der Waals surface area contributed by atoms with E-state index in [1.165, 1.54) is 0 Å². The Morgan fingerprint density at radius 2 is 2.05 bits per heavy atom. The zero-order valence-corrected chi connectivity index (χ0v) is 12.5. The number of carbonyl (C=O) groups excluding carboxylic acids is 2. The van der Waals surface area contributed by atoms with E-state index >= 15 is 0 Å². The first-order chi connectivity index (χ1) is 10.7. The summed E-state index contributed by atoms with van der Waals surface area (Å²) in [4.78, 5) is 30.0. The van der Waals surface area contributed by atoms with Crippen LogP contribution < -0.4 is 10.1 Å². The number of benzene rings is 1. The Morgan fingerprint density at radius 1 is 1.27 bits per heavy atom. The van der Waals surface area contributed by atoms with Crippen molar-refractivity contribution in [1.29, 1.82) is 0 Å². The number of Topliss-reactive ketones (excluding diaryl/α,β-unsaturated/α-hetero) is 1. The maximum Gasteiger partial charge on any atom is 0.257 e. The predicted octanol–water partition coefficient (Wildman–Crippen LogP) is 1.74. The van der Waals surface area contributed by atoms with Gasteiger partial charge in [0.05, 0.1) is 6.33 Å². The summed E-state index contributed by atoms with van der Waals surface area (Å²) in [6.07, 6.45) is 4.49. The zero-order valence-electron chi connectivity index (χ0n) is 12.5. The van der Waals surface area contributed by atoms with Gasteiger partial charge in [0.2, 0.25) is 0 Å². The number of imidazole rings is 1. The molecular weight excluding hydrogens is 282 g/mol. The van der Waals surface area contributed by atoms with Gasteiger partial charge in [-0.15, -0.1) is 0 Å². The average Bonchev–Trinajstić information content (AvgIpc) is 3.06. The highest BCUT2D eigenvalue weighted by atomic mass is 16.5. The van der Waals surface area contributed by atoms with Gasteiger partial charge >= 0.3 is 0 Å². The molecule has 2 rings (SSSR count). The first-order valence-corrected chi connectivity index (χ1v) is 7.19. The van der Waals surface area contributed by atoms with Crippen molar-refractivity contribution in [3.8, 4) is 5.75 Å². The van der Waals surface area contributed by atoms with Gasteiger partial charge in [0.15, 0.2) is 12.4 Å². The molecule has 1 heterocycles. The summed E-state index contributed by atoms with van der Waals surface area (Å²) in [7, 11) is 0. The third kappa shape index (κ3) is 4.73. The zero-order chi connectivity index (χ0) is 15.8. The second kappa shape index (κ2) is 7.97. The highest BCUT2D eigenvalue weighted by Crippen LogP contribution is 2.13. The number of nitrogens with zero attached hydrogens (tertiary/aromatic N) is 1.